The molecule has 1 fully saturated rings. The molecule has 2 N–H and O–H groups in total. The number of hydrogen-bond acceptors (Lipinski definition) is 4. The van der Waals surface area contributed by atoms with Crippen molar-refractivity contribution >= 4 is 11.6 Å². The molecule has 1 aliphatic heterocycles. The number of para-hydroxylation sites is 1. The second-order valence-electron chi connectivity index (χ2n) is 5.61. The Labute approximate surface area is 124 Å². The van der Waals surface area contributed by atoms with Crippen LogP contribution in [-0.4, -0.2) is 34.4 Å². The molecule has 0 aromatic heterocycles. The monoisotopic (exact) mass is 291 g/mol. The number of benzene rings is 1. The highest BCUT2D eigenvalue weighted by atomic mass is 16.6. The maximum atomic E-state index is 12.8. The van der Waals surface area contributed by atoms with Crippen LogP contribution >= 0.6 is 0 Å². The number of nitro groups is 1. The first kappa shape index (κ1) is 15.4. The molecule has 2 atom stereocenters. The van der Waals surface area contributed by atoms with Crippen LogP contribution in [0.4, 0.5) is 5.69 Å². The molecule has 1 heterocycles. The van der Waals surface area contributed by atoms with Crippen LogP contribution in [0.2, 0.25) is 0 Å². The van der Waals surface area contributed by atoms with Crippen LogP contribution in [0, 0.1) is 17.0 Å². The maximum absolute atomic E-state index is 12.8. The molecule has 1 aliphatic rings. The molecule has 6 nitrogen and oxygen atoms in total. The highest BCUT2D eigenvalue weighted by Crippen LogP contribution is 2.29. The van der Waals surface area contributed by atoms with Gasteiger partial charge in [0.15, 0.2) is 0 Å². The van der Waals surface area contributed by atoms with E-state index in [2.05, 4.69) is 0 Å². The summed E-state index contributed by atoms with van der Waals surface area (Å²) in [7, 11) is 0. The zero-order valence-electron chi connectivity index (χ0n) is 12.4. The van der Waals surface area contributed by atoms with E-state index in [9.17, 15) is 14.9 Å². The molecular weight excluding hydrogens is 270 g/mol. The van der Waals surface area contributed by atoms with Gasteiger partial charge in [-0.05, 0) is 39.2 Å². The molecule has 0 aliphatic carbocycles. The zero-order valence-corrected chi connectivity index (χ0v) is 12.4. The van der Waals surface area contributed by atoms with E-state index >= 15 is 0 Å². The number of amides is 1. The average molecular weight is 291 g/mol. The molecule has 2 rings (SSSR count). The van der Waals surface area contributed by atoms with Gasteiger partial charge in [0, 0.05) is 24.2 Å². The SMILES string of the molecule is Cc1cccc(C(=O)N2C(C)CCCC2CN)c1[N+](=O)[O-]. The Kier molecular flexibility index (Phi) is 4.57. The number of likely N-dealkylation sites (tertiary alicyclic amines) is 1. The van der Waals surface area contributed by atoms with Gasteiger partial charge in [-0.15, -0.1) is 0 Å². The van der Waals surface area contributed by atoms with Gasteiger partial charge in [-0.2, -0.15) is 0 Å². The Balaban J connectivity index is 2.43. The number of carbonyl (C=O) groups excluding carboxylic acids is 1. The second kappa shape index (κ2) is 6.22. The van der Waals surface area contributed by atoms with Gasteiger partial charge in [0.25, 0.3) is 11.6 Å². The summed E-state index contributed by atoms with van der Waals surface area (Å²) in [5.74, 6) is -0.284. The summed E-state index contributed by atoms with van der Waals surface area (Å²) < 4.78 is 0. The molecule has 2 unspecified atom stereocenters. The third-order valence-electron chi connectivity index (χ3n) is 4.18. The van der Waals surface area contributed by atoms with Crippen molar-refractivity contribution < 1.29 is 9.72 Å². The standard InChI is InChI=1S/C15H21N3O3/c1-10-5-3-8-13(14(10)18(20)21)15(19)17-11(2)6-4-7-12(17)9-16/h3,5,8,11-12H,4,6-7,9,16H2,1-2H3. The molecule has 0 radical (unpaired) electrons. The van der Waals surface area contributed by atoms with Crippen LogP contribution in [0.1, 0.15) is 42.1 Å². The quantitative estimate of drug-likeness (QED) is 0.683. The Morgan fingerprint density at radius 3 is 2.81 bits per heavy atom. The van der Waals surface area contributed by atoms with Crippen molar-refractivity contribution in [3.63, 3.8) is 0 Å². The molecule has 21 heavy (non-hydrogen) atoms. The van der Waals surface area contributed by atoms with Crippen LogP contribution < -0.4 is 5.73 Å². The Morgan fingerprint density at radius 1 is 1.48 bits per heavy atom. The molecule has 1 amide bonds. The van der Waals surface area contributed by atoms with Crippen molar-refractivity contribution in [3.05, 3.63) is 39.4 Å². The van der Waals surface area contributed by atoms with Crippen molar-refractivity contribution in [3.8, 4) is 0 Å². The lowest BCUT2D eigenvalue weighted by atomic mass is 9.94. The molecule has 114 valence electrons. The first-order valence-corrected chi connectivity index (χ1v) is 7.24. The largest absolute Gasteiger partial charge is 0.331 e. The lowest BCUT2D eigenvalue weighted by Crippen LogP contribution is -2.52. The normalized spacial score (nSPS) is 22.1. The summed E-state index contributed by atoms with van der Waals surface area (Å²) in [6.45, 7) is 4.01. The fourth-order valence-corrected chi connectivity index (χ4v) is 3.10. The summed E-state index contributed by atoms with van der Waals surface area (Å²) in [6, 6.07) is 4.88. The summed E-state index contributed by atoms with van der Waals surface area (Å²) in [4.78, 5) is 25.3. The van der Waals surface area contributed by atoms with Crippen LogP contribution in [0.25, 0.3) is 0 Å². The summed E-state index contributed by atoms with van der Waals surface area (Å²) >= 11 is 0. The zero-order chi connectivity index (χ0) is 15.6. The number of nitrogens with two attached hydrogens (primary N) is 1. The highest BCUT2D eigenvalue weighted by Gasteiger charge is 2.34. The second-order valence-corrected chi connectivity index (χ2v) is 5.61. The third kappa shape index (κ3) is 2.90. The predicted octanol–water partition coefficient (Wildman–Crippen LogP) is 2.25. The predicted molar refractivity (Wildman–Crippen MR) is 80.2 cm³/mol. The fraction of sp³-hybridized carbons (Fsp3) is 0.533. The van der Waals surface area contributed by atoms with Crippen molar-refractivity contribution in [1.82, 2.24) is 4.90 Å². The number of hydrogen-bond donors (Lipinski definition) is 1. The first-order chi connectivity index (χ1) is 9.97. The number of nitro benzene ring substituents is 1. The van der Waals surface area contributed by atoms with Gasteiger partial charge in [0.05, 0.1) is 4.92 Å². The fourth-order valence-electron chi connectivity index (χ4n) is 3.10. The minimum atomic E-state index is -0.478. The van der Waals surface area contributed by atoms with E-state index in [4.69, 9.17) is 5.73 Å². The van der Waals surface area contributed by atoms with Gasteiger partial charge in [-0.3, -0.25) is 14.9 Å². The van der Waals surface area contributed by atoms with Gasteiger partial charge >= 0.3 is 0 Å². The van der Waals surface area contributed by atoms with Crippen molar-refractivity contribution in [2.45, 2.75) is 45.2 Å². The van der Waals surface area contributed by atoms with Crippen molar-refractivity contribution in [2.75, 3.05) is 6.54 Å². The first-order valence-electron chi connectivity index (χ1n) is 7.24. The summed E-state index contributed by atoms with van der Waals surface area (Å²) in [5, 5.41) is 11.3. The minimum absolute atomic E-state index is 0.0404. The van der Waals surface area contributed by atoms with E-state index in [1.54, 1.807) is 24.0 Å². The molecule has 1 aromatic rings. The number of rotatable bonds is 3. The van der Waals surface area contributed by atoms with Gasteiger partial charge < -0.3 is 10.6 Å². The molecule has 1 aromatic carbocycles. The van der Waals surface area contributed by atoms with E-state index in [-0.39, 0.29) is 29.2 Å². The molecule has 0 spiro atoms. The van der Waals surface area contributed by atoms with Gasteiger partial charge in [-0.25, -0.2) is 0 Å². The van der Waals surface area contributed by atoms with E-state index < -0.39 is 4.92 Å². The minimum Gasteiger partial charge on any atom is -0.331 e. The Morgan fingerprint density at radius 2 is 2.19 bits per heavy atom. The molecule has 0 bridgehead atoms. The van der Waals surface area contributed by atoms with Crippen LogP contribution in [0.3, 0.4) is 0 Å². The van der Waals surface area contributed by atoms with Crippen molar-refractivity contribution in [1.29, 1.82) is 0 Å². The van der Waals surface area contributed by atoms with E-state index in [0.29, 0.717) is 12.1 Å². The summed E-state index contributed by atoms with van der Waals surface area (Å²) in [6.07, 6.45) is 2.79. The average Bonchev–Trinajstić information content (AvgIpc) is 2.45. The van der Waals surface area contributed by atoms with Gasteiger partial charge in [0.2, 0.25) is 0 Å². The maximum Gasteiger partial charge on any atom is 0.285 e. The lowest BCUT2D eigenvalue weighted by molar-refractivity contribution is -0.385. The topological polar surface area (TPSA) is 89.5 Å². The smallest absolute Gasteiger partial charge is 0.285 e. The highest BCUT2D eigenvalue weighted by molar-refractivity contribution is 5.99. The Hall–Kier alpha value is -1.95. The lowest BCUT2D eigenvalue weighted by Gasteiger charge is -2.40. The van der Waals surface area contributed by atoms with E-state index in [0.717, 1.165) is 19.3 Å². The van der Waals surface area contributed by atoms with E-state index in [1.807, 2.05) is 6.92 Å². The number of piperidine rings is 1. The molecule has 0 saturated carbocycles. The number of nitrogens with zero attached hydrogens (tertiary/aromatic N) is 2. The summed E-state index contributed by atoms with van der Waals surface area (Å²) in [5.41, 5.74) is 6.33. The molecule has 1 saturated heterocycles. The number of aryl methyl sites for hydroxylation is 1. The van der Waals surface area contributed by atoms with Crippen LogP contribution in [-0.2, 0) is 0 Å². The van der Waals surface area contributed by atoms with Crippen LogP contribution in [0.15, 0.2) is 18.2 Å². The Bertz CT molecular complexity index is 559. The molecule has 6 heteroatoms. The number of carbonyl (C=O) groups is 1. The third-order valence-corrected chi connectivity index (χ3v) is 4.18. The van der Waals surface area contributed by atoms with Crippen molar-refractivity contribution in [2.24, 2.45) is 5.73 Å². The van der Waals surface area contributed by atoms with Crippen LogP contribution in [0.5, 0.6) is 0 Å². The van der Waals surface area contributed by atoms with E-state index in [1.165, 1.54) is 6.07 Å². The van der Waals surface area contributed by atoms with Gasteiger partial charge in [-0.1, -0.05) is 12.1 Å². The molecular formula is C15H21N3O3. The van der Waals surface area contributed by atoms with Gasteiger partial charge in [0.1, 0.15) is 5.56 Å².